The van der Waals surface area contributed by atoms with E-state index in [-0.39, 0.29) is 5.56 Å². The molecule has 3 N–H and O–H groups in total. The Balaban J connectivity index is 2.93. The first-order valence-corrected chi connectivity index (χ1v) is 5.98. The van der Waals surface area contributed by atoms with Gasteiger partial charge in [-0.25, -0.2) is 4.79 Å². The summed E-state index contributed by atoms with van der Waals surface area (Å²) < 4.78 is 10.4. The van der Waals surface area contributed by atoms with E-state index in [0.29, 0.717) is 18.1 Å². The number of carboxylic acid groups (broad SMARTS) is 1. The molecule has 1 unspecified atom stereocenters. The summed E-state index contributed by atoms with van der Waals surface area (Å²) in [6, 6.07) is 3.13. The van der Waals surface area contributed by atoms with Crippen LogP contribution in [-0.4, -0.2) is 48.5 Å². The van der Waals surface area contributed by atoms with Crippen molar-refractivity contribution in [3.63, 3.8) is 0 Å². The molecule has 7 heteroatoms. The Labute approximate surface area is 116 Å². The fourth-order valence-electron chi connectivity index (χ4n) is 1.51. The SMILES string of the molecule is CCOc1cc(C(=O)NC(CO)C(=O)O)ccc1OC. The minimum atomic E-state index is -1.35. The summed E-state index contributed by atoms with van der Waals surface area (Å²) in [4.78, 5) is 22.6. The summed E-state index contributed by atoms with van der Waals surface area (Å²) in [5, 5.41) is 19.8. The molecule has 1 aromatic carbocycles. The van der Waals surface area contributed by atoms with Gasteiger partial charge in [0.15, 0.2) is 17.5 Å². The first-order chi connectivity index (χ1) is 9.53. The molecule has 0 radical (unpaired) electrons. The van der Waals surface area contributed by atoms with Gasteiger partial charge in [0.1, 0.15) is 0 Å². The highest BCUT2D eigenvalue weighted by Gasteiger charge is 2.20. The average molecular weight is 283 g/mol. The lowest BCUT2D eigenvalue weighted by Crippen LogP contribution is -2.43. The van der Waals surface area contributed by atoms with Crippen LogP contribution in [0.5, 0.6) is 11.5 Å². The number of hydrogen-bond donors (Lipinski definition) is 3. The van der Waals surface area contributed by atoms with Crippen molar-refractivity contribution in [3.05, 3.63) is 23.8 Å². The molecular formula is C13H17NO6. The molecule has 7 nitrogen and oxygen atoms in total. The first kappa shape index (κ1) is 15.8. The van der Waals surface area contributed by atoms with Crippen LogP contribution in [0.25, 0.3) is 0 Å². The number of carboxylic acids is 1. The number of aliphatic hydroxyl groups excluding tert-OH is 1. The Kier molecular flexibility index (Phi) is 5.79. The van der Waals surface area contributed by atoms with Crippen LogP contribution in [0.15, 0.2) is 18.2 Å². The van der Waals surface area contributed by atoms with Crippen molar-refractivity contribution in [2.45, 2.75) is 13.0 Å². The number of nitrogens with one attached hydrogen (secondary N) is 1. The summed E-state index contributed by atoms with van der Waals surface area (Å²) in [7, 11) is 1.48. The Hall–Kier alpha value is -2.28. The second-order valence-corrected chi connectivity index (χ2v) is 3.85. The number of aliphatic hydroxyl groups is 1. The summed E-state index contributed by atoms with van der Waals surface area (Å²) >= 11 is 0. The van der Waals surface area contributed by atoms with Crippen molar-refractivity contribution in [1.29, 1.82) is 0 Å². The van der Waals surface area contributed by atoms with Crippen molar-refractivity contribution in [2.75, 3.05) is 20.3 Å². The summed E-state index contributed by atoms with van der Waals surface area (Å²) in [5.74, 6) is -1.06. The second kappa shape index (κ2) is 7.34. The van der Waals surface area contributed by atoms with Crippen LogP contribution in [0.3, 0.4) is 0 Å². The molecular weight excluding hydrogens is 266 g/mol. The van der Waals surface area contributed by atoms with Gasteiger partial charge >= 0.3 is 5.97 Å². The number of hydrogen-bond acceptors (Lipinski definition) is 5. The molecule has 0 saturated heterocycles. The van der Waals surface area contributed by atoms with Gasteiger partial charge in [0, 0.05) is 5.56 Å². The van der Waals surface area contributed by atoms with Crippen molar-refractivity contribution in [3.8, 4) is 11.5 Å². The largest absolute Gasteiger partial charge is 0.493 e. The van der Waals surface area contributed by atoms with Crippen molar-refractivity contribution < 1.29 is 29.3 Å². The number of amides is 1. The zero-order valence-electron chi connectivity index (χ0n) is 11.3. The quantitative estimate of drug-likeness (QED) is 0.663. The highest BCUT2D eigenvalue weighted by molar-refractivity contribution is 5.97. The topological polar surface area (TPSA) is 105 Å². The van der Waals surface area contributed by atoms with Gasteiger partial charge in [-0.2, -0.15) is 0 Å². The van der Waals surface area contributed by atoms with Gasteiger partial charge in [-0.3, -0.25) is 4.79 Å². The molecule has 0 aliphatic carbocycles. The van der Waals surface area contributed by atoms with Crippen LogP contribution in [0.1, 0.15) is 17.3 Å². The van der Waals surface area contributed by atoms with E-state index in [1.54, 1.807) is 13.0 Å². The predicted molar refractivity (Wildman–Crippen MR) is 70.1 cm³/mol. The van der Waals surface area contributed by atoms with Crippen molar-refractivity contribution in [1.82, 2.24) is 5.32 Å². The molecule has 20 heavy (non-hydrogen) atoms. The fourth-order valence-corrected chi connectivity index (χ4v) is 1.51. The third-order valence-electron chi connectivity index (χ3n) is 2.51. The molecule has 0 aliphatic rings. The molecule has 1 rings (SSSR count). The highest BCUT2D eigenvalue weighted by Crippen LogP contribution is 2.28. The molecule has 0 spiro atoms. The zero-order chi connectivity index (χ0) is 15.1. The fraction of sp³-hybridized carbons (Fsp3) is 0.385. The summed E-state index contributed by atoms with van der Waals surface area (Å²) in [6.45, 7) is 1.50. The van der Waals surface area contributed by atoms with Crippen LogP contribution in [-0.2, 0) is 4.79 Å². The Morgan fingerprint density at radius 1 is 1.35 bits per heavy atom. The smallest absolute Gasteiger partial charge is 0.328 e. The van der Waals surface area contributed by atoms with E-state index < -0.39 is 24.5 Å². The number of methoxy groups -OCH3 is 1. The molecule has 1 aromatic rings. The Morgan fingerprint density at radius 3 is 2.55 bits per heavy atom. The number of ether oxygens (including phenoxy) is 2. The average Bonchev–Trinajstić information content (AvgIpc) is 2.44. The first-order valence-electron chi connectivity index (χ1n) is 5.98. The highest BCUT2D eigenvalue weighted by atomic mass is 16.5. The minimum Gasteiger partial charge on any atom is -0.493 e. The molecule has 1 amide bonds. The van der Waals surface area contributed by atoms with Gasteiger partial charge in [-0.05, 0) is 25.1 Å². The number of benzene rings is 1. The van der Waals surface area contributed by atoms with E-state index in [4.69, 9.17) is 19.7 Å². The van der Waals surface area contributed by atoms with Gasteiger partial charge in [-0.1, -0.05) is 0 Å². The van der Waals surface area contributed by atoms with E-state index in [0.717, 1.165) is 0 Å². The van der Waals surface area contributed by atoms with Crippen LogP contribution >= 0.6 is 0 Å². The molecule has 110 valence electrons. The van der Waals surface area contributed by atoms with Gasteiger partial charge in [0.25, 0.3) is 5.91 Å². The monoisotopic (exact) mass is 283 g/mol. The van der Waals surface area contributed by atoms with Crippen LogP contribution in [0.4, 0.5) is 0 Å². The molecule has 0 bridgehead atoms. The normalized spacial score (nSPS) is 11.6. The maximum Gasteiger partial charge on any atom is 0.328 e. The van der Waals surface area contributed by atoms with Gasteiger partial charge in [-0.15, -0.1) is 0 Å². The van der Waals surface area contributed by atoms with E-state index in [1.807, 2.05) is 0 Å². The van der Waals surface area contributed by atoms with Crippen molar-refractivity contribution >= 4 is 11.9 Å². The van der Waals surface area contributed by atoms with Gasteiger partial charge in [0.05, 0.1) is 20.3 Å². The number of carbonyl (C=O) groups excluding carboxylic acids is 1. The number of aliphatic carboxylic acids is 1. The van der Waals surface area contributed by atoms with Gasteiger partial charge in [0.2, 0.25) is 0 Å². The lowest BCUT2D eigenvalue weighted by molar-refractivity contribution is -0.140. The van der Waals surface area contributed by atoms with Crippen LogP contribution in [0.2, 0.25) is 0 Å². The number of carbonyl (C=O) groups is 2. The standard InChI is InChI=1S/C13H17NO6/c1-3-20-11-6-8(4-5-10(11)19-2)12(16)14-9(7-15)13(17)18/h4-6,9,15H,3,7H2,1-2H3,(H,14,16)(H,17,18). The molecule has 1 atom stereocenters. The maximum absolute atomic E-state index is 11.9. The lowest BCUT2D eigenvalue weighted by atomic mass is 10.1. The third-order valence-corrected chi connectivity index (χ3v) is 2.51. The maximum atomic E-state index is 11.9. The second-order valence-electron chi connectivity index (χ2n) is 3.85. The minimum absolute atomic E-state index is 0.217. The molecule has 0 aliphatic heterocycles. The van der Waals surface area contributed by atoms with E-state index >= 15 is 0 Å². The van der Waals surface area contributed by atoms with E-state index in [2.05, 4.69) is 5.32 Å². The van der Waals surface area contributed by atoms with Gasteiger partial charge < -0.3 is 25.0 Å². The molecule has 0 aromatic heterocycles. The Bertz CT molecular complexity index is 488. The zero-order valence-corrected chi connectivity index (χ0v) is 11.3. The summed E-state index contributed by atoms with van der Waals surface area (Å²) in [6.07, 6.45) is 0. The Morgan fingerprint density at radius 2 is 2.05 bits per heavy atom. The number of rotatable bonds is 7. The summed E-state index contributed by atoms with van der Waals surface area (Å²) in [5.41, 5.74) is 0.217. The van der Waals surface area contributed by atoms with E-state index in [1.165, 1.54) is 19.2 Å². The molecule has 0 heterocycles. The van der Waals surface area contributed by atoms with Crippen LogP contribution in [0, 0.1) is 0 Å². The third kappa shape index (κ3) is 3.86. The molecule has 0 fully saturated rings. The predicted octanol–water partition coefficient (Wildman–Crippen LogP) is 0.269. The van der Waals surface area contributed by atoms with Crippen LogP contribution < -0.4 is 14.8 Å². The van der Waals surface area contributed by atoms with E-state index in [9.17, 15) is 9.59 Å². The lowest BCUT2D eigenvalue weighted by Gasteiger charge is -2.13. The molecule has 0 saturated carbocycles. The van der Waals surface area contributed by atoms with Crippen molar-refractivity contribution in [2.24, 2.45) is 0 Å².